The second-order valence-electron chi connectivity index (χ2n) is 7.51. The lowest BCUT2D eigenvalue weighted by Crippen LogP contribution is -2.42. The van der Waals surface area contributed by atoms with E-state index in [0.717, 1.165) is 0 Å². The number of aliphatic hydroxyl groups is 1. The zero-order valence-corrected chi connectivity index (χ0v) is 16.7. The molecule has 2 heterocycles. The summed E-state index contributed by atoms with van der Waals surface area (Å²) < 4.78 is 0. The number of hydrogen-bond donors (Lipinski definition) is 4. The van der Waals surface area contributed by atoms with E-state index in [9.17, 15) is 19.8 Å². The van der Waals surface area contributed by atoms with Crippen LogP contribution in [0, 0.1) is 11.8 Å². The second kappa shape index (κ2) is 7.66. The third-order valence-electron chi connectivity index (χ3n) is 5.55. The van der Waals surface area contributed by atoms with Gasteiger partial charge in [-0.3, -0.25) is 19.6 Å². The number of anilines is 3. The van der Waals surface area contributed by atoms with Gasteiger partial charge in [0.1, 0.15) is 11.5 Å². The third kappa shape index (κ3) is 3.18. The van der Waals surface area contributed by atoms with Gasteiger partial charge in [0.05, 0.1) is 52.4 Å². The topological polar surface area (TPSA) is 124 Å². The molecule has 4 N–H and O–H groups in total. The quantitative estimate of drug-likeness (QED) is 0.462. The van der Waals surface area contributed by atoms with Crippen LogP contribution in [-0.4, -0.2) is 31.7 Å². The standard InChI is InChI=1S/C24H18N4O4/c29-17-7-5-15(27-13-3-1-9-25-11-13)19-21(17)24(32)20-16(28-14-4-2-10-26-12-14)6-8-18(30)22(20)23(19)31/h1-12,19,21,27-30H. The fourth-order valence-electron chi connectivity index (χ4n) is 4.14. The molecule has 0 saturated heterocycles. The van der Waals surface area contributed by atoms with Crippen LogP contribution in [0.15, 0.2) is 84.8 Å². The van der Waals surface area contributed by atoms with Gasteiger partial charge in [-0.25, -0.2) is 0 Å². The van der Waals surface area contributed by atoms with E-state index in [1.807, 2.05) is 0 Å². The molecule has 3 aromatic rings. The van der Waals surface area contributed by atoms with Crippen molar-refractivity contribution in [3.05, 3.63) is 95.9 Å². The molecule has 0 fully saturated rings. The van der Waals surface area contributed by atoms with Crippen LogP contribution in [0.5, 0.6) is 5.75 Å². The van der Waals surface area contributed by atoms with Gasteiger partial charge in [0, 0.05) is 18.1 Å². The fraction of sp³-hybridized carbons (Fsp3) is 0.0833. The van der Waals surface area contributed by atoms with E-state index in [4.69, 9.17) is 0 Å². The van der Waals surface area contributed by atoms with Crippen molar-refractivity contribution in [1.29, 1.82) is 0 Å². The zero-order valence-electron chi connectivity index (χ0n) is 16.7. The molecule has 0 saturated carbocycles. The average molecular weight is 426 g/mol. The molecule has 2 aliphatic rings. The maximum Gasteiger partial charge on any atom is 0.177 e. The van der Waals surface area contributed by atoms with Gasteiger partial charge in [0.2, 0.25) is 0 Å². The first-order chi connectivity index (χ1) is 15.5. The second-order valence-corrected chi connectivity index (χ2v) is 7.51. The van der Waals surface area contributed by atoms with Gasteiger partial charge < -0.3 is 20.8 Å². The fourth-order valence-corrected chi connectivity index (χ4v) is 4.14. The summed E-state index contributed by atoms with van der Waals surface area (Å²) in [5.74, 6) is -3.51. The number of benzene rings is 1. The minimum atomic E-state index is -1.10. The van der Waals surface area contributed by atoms with E-state index >= 15 is 0 Å². The Kier molecular flexibility index (Phi) is 4.67. The highest BCUT2D eigenvalue weighted by molar-refractivity contribution is 6.22. The number of nitrogens with zero attached hydrogens (tertiary/aromatic N) is 2. The average Bonchev–Trinajstić information content (AvgIpc) is 2.81. The van der Waals surface area contributed by atoms with Gasteiger partial charge >= 0.3 is 0 Å². The lowest BCUT2D eigenvalue weighted by Gasteiger charge is -2.35. The van der Waals surface area contributed by atoms with Gasteiger partial charge in [-0.1, -0.05) is 0 Å². The zero-order chi connectivity index (χ0) is 22.2. The van der Waals surface area contributed by atoms with E-state index in [-0.39, 0.29) is 22.6 Å². The van der Waals surface area contributed by atoms with Crippen LogP contribution in [0.3, 0.4) is 0 Å². The number of carbonyl (C=O) groups excluding carboxylic acids is 2. The Morgan fingerprint density at radius 1 is 0.750 bits per heavy atom. The van der Waals surface area contributed by atoms with Crippen molar-refractivity contribution < 1.29 is 19.8 Å². The summed E-state index contributed by atoms with van der Waals surface area (Å²) in [5.41, 5.74) is 2.02. The Bertz CT molecular complexity index is 1290. The van der Waals surface area contributed by atoms with E-state index in [1.54, 1.807) is 55.1 Å². The molecule has 0 bridgehead atoms. The van der Waals surface area contributed by atoms with E-state index in [2.05, 4.69) is 20.6 Å². The molecule has 1 aromatic carbocycles. The van der Waals surface area contributed by atoms with Crippen molar-refractivity contribution in [2.75, 3.05) is 10.6 Å². The molecule has 0 spiro atoms. The van der Waals surface area contributed by atoms with E-state index in [1.165, 1.54) is 18.2 Å². The molecule has 0 amide bonds. The van der Waals surface area contributed by atoms with E-state index in [0.29, 0.717) is 22.8 Å². The number of aromatic hydroxyl groups is 1. The largest absolute Gasteiger partial charge is 0.512 e. The molecule has 0 radical (unpaired) electrons. The normalized spacial score (nSPS) is 19.4. The van der Waals surface area contributed by atoms with Crippen LogP contribution < -0.4 is 10.6 Å². The number of rotatable bonds is 4. The number of ketones is 2. The number of pyridine rings is 2. The lowest BCUT2D eigenvalue weighted by molar-refractivity contribution is 0.0748. The first kappa shape index (κ1) is 19.5. The Balaban J connectivity index is 1.60. The molecule has 32 heavy (non-hydrogen) atoms. The summed E-state index contributed by atoms with van der Waals surface area (Å²) in [7, 11) is 0. The number of Topliss-reactive ketones (excluding diaryl/α,β-unsaturated/α-hetero) is 2. The van der Waals surface area contributed by atoms with Crippen molar-refractivity contribution in [3.8, 4) is 5.75 Å². The van der Waals surface area contributed by atoms with Gasteiger partial charge in [-0.2, -0.15) is 0 Å². The maximum atomic E-state index is 13.6. The number of carbonyl (C=O) groups is 2. The molecule has 2 unspecified atom stereocenters. The third-order valence-corrected chi connectivity index (χ3v) is 5.55. The number of phenolic OH excluding ortho intramolecular Hbond substituents is 1. The summed E-state index contributed by atoms with van der Waals surface area (Å²) in [4.78, 5) is 35.2. The number of phenols is 1. The van der Waals surface area contributed by atoms with Crippen molar-refractivity contribution in [2.45, 2.75) is 0 Å². The van der Waals surface area contributed by atoms with Crippen LogP contribution >= 0.6 is 0 Å². The SMILES string of the molecule is O=C1c2c(O)ccc(Nc3cccnc3)c2C(=O)C2C(O)=CC=C(Nc3cccnc3)C12. The first-order valence-electron chi connectivity index (χ1n) is 9.94. The van der Waals surface area contributed by atoms with Gasteiger partial charge in [0.25, 0.3) is 0 Å². The lowest BCUT2D eigenvalue weighted by atomic mass is 9.69. The minimum absolute atomic E-state index is 0.0441. The summed E-state index contributed by atoms with van der Waals surface area (Å²) in [6, 6.07) is 9.91. The van der Waals surface area contributed by atoms with Gasteiger partial charge in [0.15, 0.2) is 11.6 Å². The highest BCUT2D eigenvalue weighted by atomic mass is 16.3. The Hall–Kier alpha value is -4.46. The Labute approximate surface area is 183 Å². The number of nitrogens with one attached hydrogen (secondary N) is 2. The Morgan fingerprint density at radius 2 is 1.41 bits per heavy atom. The summed E-state index contributed by atoms with van der Waals surface area (Å²) in [6.45, 7) is 0. The van der Waals surface area contributed by atoms with Crippen molar-refractivity contribution in [3.63, 3.8) is 0 Å². The van der Waals surface area contributed by atoms with Crippen LogP contribution in [0.4, 0.5) is 17.1 Å². The van der Waals surface area contributed by atoms with Crippen molar-refractivity contribution in [2.24, 2.45) is 11.8 Å². The molecule has 0 aliphatic heterocycles. The number of aromatic nitrogens is 2. The first-order valence-corrected chi connectivity index (χ1v) is 9.94. The molecule has 158 valence electrons. The maximum absolute atomic E-state index is 13.6. The monoisotopic (exact) mass is 426 g/mol. The van der Waals surface area contributed by atoms with Crippen molar-refractivity contribution in [1.82, 2.24) is 9.97 Å². The highest BCUT2D eigenvalue weighted by Gasteiger charge is 2.48. The predicted molar refractivity (Wildman–Crippen MR) is 118 cm³/mol. The Morgan fingerprint density at radius 3 is 2.06 bits per heavy atom. The van der Waals surface area contributed by atoms with Crippen LogP contribution in [0.1, 0.15) is 20.7 Å². The molecule has 8 heteroatoms. The highest BCUT2D eigenvalue weighted by Crippen LogP contribution is 2.45. The summed E-state index contributed by atoms with van der Waals surface area (Å²) in [5, 5.41) is 27.3. The van der Waals surface area contributed by atoms with Crippen LogP contribution in [0.2, 0.25) is 0 Å². The molecule has 2 aliphatic carbocycles. The summed E-state index contributed by atoms with van der Waals surface area (Å²) in [6.07, 6.45) is 9.37. The summed E-state index contributed by atoms with van der Waals surface area (Å²) >= 11 is 0. The number of aliphatic hydroxyl groups excluding tert-OH is 1. The molecule has 8 nitrogen and oxygen atoms in total. The number of fused-ring (bicyclic) bond motifs is 2. The van der Waals surface area contributed by atoms with Gasteiger partial charge in [-0.15, -0.1) is 0 Å². The van der Waals surface area contributed by atoms with Crippen LogP contribution in [-0.2, 0) is 0 Å². The molecule has 2 atom stereocenters. The molecule has 2 aromatic heterocycles. The minimum Gasteiger partial charge on any atom is -0.512 e. The molecular formula is C24H18N4O4. The molecule has 5 rings (SSSR count). The smallest absolute Gasteiger partial charge is 0.177 e. The van der Waals surface area contributed by atoms with Gasteiger partial charge in [-0.05, 0) is 48.6 Å². The van der Waals surface area contributed by atoms with Crippen LogP contribution in [0.25, 0.3) is 0 Å². The number of hydrogen-bond acceptors (Lipinski definition) is 8. The predicted octanol–water partition coefficient (Wildman–Crippen LogP) is 3.99. The van der Waals surface area contributed by atoms with E-state index < -0.39 is 23.4 Å². The number of allylic oxidation sites excluding steroid dienone is 4. The molecular weight excluding hydrogens is 408 g/mol. The van der Waals surface area contributed by atoms with Crippen molar-refractivity contribution >= 4 is 28.6 Å².